The lowest BCUT2D eigenvalue weighted by Gasteiger charge is -1.95. The first-order valence-corrected chi connectivity index (χ1v) is 6.70. The van der Waals surface area contributed by atoms with Gasteiger partial charge >= 0.3 is 0 Å². The minimum atomic E-state index is 1.16. The van der Waals surface area contributed by atoms with E-state index < -0.39 is 0 Å². The normalized spacial score (nSPS) is 7.79. The van der Waals surface area contributed by atoms with Gasteiger partial charge in [-0.05, 0) is 36.1 Å². The molecule has 0 spiro atoms. The van der Waals surface area contributed by atoms with Crippen LogP contribution in [0.2, 0.25) is 0 Å². The van der Waals surface area contributed by atoms with Crippen LogP contribution in [-0.4, -0.2) is 17.0 Å². The van der Waals surface area contributed by atoms with Crippen molar-refractivity contribution in [3.05, 3.63) is 30.1 Å². The molecule has 0 bridgehead atoms. The molecular weight excluding hydrogens is 190 g/mol. The quantitative estimate of drug-likeness (QED) is 0.751. The molecule has 0 aliphatic rings. The minimum absolute atomic E-state index is 1.16. The van der Waals surface area contributed by atoms with Gasteiger partial charge in [-0.2, -0.15) is 11.8 Å². The zero-order valence-electron chi connectivity index (χ0n) is 10.1. The van der Waals surface area contributed by atoms with Crippen molar-refractivity contribution in [3.63, 3.8) is 0 Å². The van der Waals surface area contributed by atoms with Gasteiger partial charge in [0.1, 0.15) is 0 Å². The Bertz CT molecular complexity index is 175. The first-order chi connectivity index (χ1) is 6.93. The van der Waals surface area contributed by atoms with E-state index in [4.69, 9.17) is 0 Å². The number of hydrogen-bond acceptors (Lipinski definition) is 2. The van der Waals surface area contributed by atoms with Gasteiger partial charge in [0.25, 0.3) is 0 Å². The Labute approximate surface area is 93.3 Å². The van der Waals surface area contributed by atoms with Crippen molar-refractivity contribution in [3.8, 4) is 0 Å². The van der Waals surface area contributed by atoms with E-state index in [0.717, 1.165) is 6.42 Å². The lowest BCUT2D eigenvalue weighted by Crippen LogP contribution is -1.86. The van der Waals surface area contributed by atoms with Crippen LogP contribution in [0.25, 0.3) is 0 Å². The van der Waals surface area contributed by atoms with Crippen LogP contribution in [0, 0.1) is 0 Å². The van der Waals surface area contributed by atoms with E-state index in [9.17, 15) is 0 Å². The number of aryl methyl sites for hydroxylation is 1. The zero-order valence-corrected chi connectivity index (χ0v) is 10.9. The SMILES string of the molecule is CC.CC.CSCCc1ccncc1. The van der Waals surface area contributed by atoms with E-state index in [1.165, 1.54) is 11.3 Å². The molecule has 1 aromatic rings. The summed E-state index contributed by atoms with van der Waals surface area (Å²) < 4.78 is 0. The maximum Gasteiger partial charge on any atom is 0.0270 e. The van der Waals surface area contributed by atoms with Crippen molar-refractivity contribution in [2.75, 3.05) is 12.0 Å². The molecular formula is C12H23NS. The lowest BCUT2D eigenvalue weighted by molar-refractivity contribution is 1.13. The van der Waals surface area contributed by atoms with Crippen LogP contribution in [0.1, 0.15) is 33.3 Å². The van der Waals surface area contributed by atoms with Crippen LogP contribution in [0.5, 0.6) is 0 Å². The predicted molar refractivity (Wildman–Crippen MR) is 69.0 cm³/mol. The van der Waals surface area contributed by atoms with Crippen molar-refractivity contribution in [1.29, 1.82) is 0 Å². The van der Waals surface area contributed by atoms with Gasteiger partial charge in [0.15, 0.2) is 0 Å². The first-order valence-electron chi connectivity index (χ1n) is 5.31. The average molecular weight is 213 g/mol. The summed E-state index contributed by atoms with van der Waals surface area (Å²) in [4.78, 5) is 3.95. The van der Waals surface area contributed by atoms with Crippen LogP contribution in [0.4, 0.5) is 0 Å². The van der Waals surface area contributed by atoms with Crippen LogP contribution >= 0.6 is 11.8 Å². The van der Waals surface area contributed by atoms with E-state index in [-0.39, 0.29) is 0 Å². The smallest absolute Gasteiger partial charge is 0.0270 e. The highest BCUT2D eigenvalue weighted by atomic mass is 32.2. The molecule has 0 aliphatic carbocycles. The Morgan fingerprint density at radius 3 is 2.00 bits per heavy atom. The number of aromatic nitrogens is 1. The van der Waals surface area contributed by atoms with Gasteiger partial charge in [-0.15, -0.1) is 0 Å². The molecule has 0 aromatic carbocycles. The highest BCUT2D eigenvalue weighted by Crippen LogP contribution is 2.01. The van der Waals surface area contributed by atoms with E-state index in [2.05, 4.69) is 23.4 Å². The molecule has 1 nitrogen and oxygen atoms in total. The Morgan fingerprint density at radius 1 is 1.07 bits per heavy atom. The van der Waals surface area contributed by atoms with Gasteiger partial charge in [-0.25, -0.2) is 0 Å². The number of thioether (sulfide) groups is 1. The van der Waals surface area contributed by atoms with Gasteiger partial charge < -0.3 is 0 Å². The third-order valence-corrected chi connectivity index (χ3v) is 1.96. The van der Waals surface area contributed by atoms with Gasteiger partial charge in [0.2, 0.25) is 0 Å². The summed E-state index contributed by atoms with van der Waals surface area (Å²) >= 11 is 1.88. The standard InChI is InChI=1S/C8H11NS.2C2H6/c1-10-7-4-8-2-5-9-6-3-8;2*1-2/h2-3,5-6H,4,7H2,1H3;2*1-2H3. The highest BCUT2D eigenvalue weighted by Gasteiger charge is 1.88. The summed E-state index contributed by atoms with van der Waals surface area (Å²) in [6, 6.07) is 4.13. The lowest BCUT2D eigenvalue weighted by atomic mass is 10.2. The largest absolute Gasteiger partial charge is 0.265 e. The Balaban J connectivity index is 0. The summed E-state index contributed by atoms with van der Waals surface area (Å²) in [5.41, 5.74) is 1.38. The number of rotatable bonds is 3. The van der Waals surface area contributed by atoms with Crippen molar-refractivity contribution in [2.45, 2.75) is 34.1 Å². The van der Waals surface area contributed by atoms with Crippen molar-refractivity contribution in [1.82, 2.24) is 4.98 Å². The minimum Gasteiger partial charge on any atom is -0.265 e. The molecule has 0 unspecified atom stereocenters. The zero-order chi connectivity index (χ0) is 11.2. The molecule has 0 fully saturated rings. The fraction of sp³-hybridized carbons (Fsp3) is 0.583. The molecule has 0 N–H and O–H groups in total. The second-order valence-corrected chi connectivity index (χ2v) is 3.08. The van der Waals surface area contributed by atoms with Crippen LogP contribution in [0.15, 0.2) is 24.5 Å². The summed E-state index contributed by atoms with van der Waals surface area (Å²) in [6.07, 6.45) is 6.97. The Morgan fingerprint density at radius 2 is 1.57 bits per heavy atom. The van der Waals surface area contributed by atoms with Crippen molar-refractivity contribution >= 4 is 11.8 Å². The van der Waals surface area contributed by atoms with Gasteiger partial charge in [0, 0.05) is 12.4 Å². The van der Waals surface area contributed by atoms with Crippen LogP contribution in [0.3, 0.4) is 0 Å². The second kappa shape index (κ2) is 15.0. The number of pyridine rings is 1. The van der Waals surface area contributed by atoms with Gasteiger partial charge in [0.05, 0.1) is 0 Å². The molecule has 1 heterocycles. The second-order valence-electron chi connectivity index (χ2n) is 2.10. The van der Waals surface area contributed by atoms with E-state index >= 15 is 0 Å². The highest BCUT2D eigenvalue weighted by molar-refractivity contribution is 7.98. The topological polar surface area (TPSA) is 12.9 Å². The molecule has 0 saturated carbocycles. The summed E-state index contributed by atoms with van der Waals surface area (Å²) in [7, 11) is 0. The molecule has 0 atom stereocenters. The Hall–Kier alpha value is -0.500. The number of nitrogens with zero attached hydrogens (tertiary/aromatic N) is 1. The van der Waals surface area contributed by atoms with Gasteiger partial charge in [-0.1, -0.05) is 27.7 Å². The molecule has 2 heteroatoms. The fourth-order valence-electron chi connectivity index (χ4n) is 0.769. The van der Waals surface area contributed by atoms with Gasteiger partial charge in [-0.3, -0.25) is 4.98 Å². The number of hydrogen-bond donors (Lipinski definition) is 0. The summed E-state index contributed by atoms with van der Waals surface area (Å²) in [6.45, 7) is 8.00. The van der Waals surface area contributed by atoms with Crippen molar-refractivity contribution in [2.24, 2.45) is 0 Å². The third-order valence-electron chi connectivity index (χ3n) is 1.34. The first kappa shape index (κ1) is 15.9. The molecule has 1 rings (SSSR count). The van der Waals surface area contributed by atoms with Crippen LogP contribution in [-0.2, 0) is 6.42 Å². The molecule has 14 heavy (non-hydrogen) atoms. The maximum absolute atomic E-state index is 3.95. The third kappa shape index (κ3) is 9.59. The molecule has 0 radical (unpaired) electrons. The molecule has 82 valence electrons. The monoisotopic (exact) mass is 213 g/mol. The molecule has 1 aromatic heterocycles. The molecule has 0 saturated heterocycles. The predicted octanol–water partition coefficient (Wildman–Crippen LogP) is 4.04. The maximum atomic E-state index is 3.95. The summed E-state index contributed by atoms with van der Waals surface area (Å²) in [5.74, 6) is 1.20. The molecule has 0 amide bonds. The molecule has 0 aliphatic heterocycles. The van der Waals surface area contributed by atoms with E-state index in [1.54, 1.807) is 0 Å². The van der Waals surface area contributed by atoms with Crippen molar-refractivity contribution < 1.29 is 0 Å². The average Bonchev–Trinajstić information content (AvgIpc) is 2.33. The van der Waals surface area contributed by atoms with E-state index in [1.807, 2.05) is 51.9 Å². The fourth-order valence-corrected chi connectivity index (χ4v) is 1.21. The summed E-state index contributed by atoms with van der Waals surface area (Å²) in [5, 5.41) is 0. The van der Waals surface area contributed by atoms with Crippen LogP contribution < -0.4 is 0 Å². The Kier molecular flexibility index (Phi) is 17.1. The van der Waals surface area contributed by atoms with E-state index in [0.29, 0.717) is 0 Å².